The Bertz CT molecular complexity index is 324. The van der Waals surface area contributed by atoms with Crippen molar-refractivity contribution < 1.29 is 4.74 Å². The molecule has 1 atom stereocenters. The number of rotatable bonds is 5. The van der Waals surface area contributed by atoms with Crippen molar-refractivity contribution in [1.82, 2.24) is 5.32 Å². The van der Waals surface area contributed by atoms with Crippen molar-refractivity contribution in [2.75, 3.05) is 6.54 Å². The minimum absolute atomic E-state index is 0.0652. The van der Waals surface area contributed by atoms with Crippen LogP contribution in [0.25, 0.3) is 0 Å². The molecule has 0 spiro atoms. The lowest BCUT2D eigenvalue weighted by molar-refractivity contribution is 0.183. The Morgan fingerprint density at radius 1 is 1.18 bits per heavy atom. The van der Waals surface area contributed by atoms with Crippen molar-refractivity contribution in [3.8, 4) is 5.75 Å². The van der Waals surface area contributed by atoms with Crippen LogP contribution in [-0.4, -0.2) is 12.8 Å². The third-order valence-corrected chi connectivity index (χ3v) is 2.71. The van der Waals surface area contributed by atoms with Gasteiger partial charge in [0.2, 0.25) is 0 Å². The van der Waals surface area contributed by atoms with Gasteiger partial charge in [-0.3, -0.25) is 5.32 Å². The Labute approximate surface area is 105 Å². The molecule has 2 nitrogen and oxygen atoms in total. The molecule has 0 aliphatic rings. The van der Waals surface area contributed by atoms with Gasteiger partial charge in [0.05, 0.1) is 0 Å². The van der Waals surface area contributed by atoms with Gasteiger partial charge in [-0.05, 0) is 43.0 Å². The lowest BCUT2D eigenvalue weighted by Gasteiger charge is -2.20. The van der Waals surface area contributed by atoms with Crippen LogP contribution in [0.3, 0.4) is 0 Å². The minimum atomic E-state index is 0.0652. The van der Waals surface area contributed by atoms with Crippen molar-refractivity contribution in [1.29, 1.82) is 0 Å². The maximum absolute atomic E-state index is 5.77. The maximum Gasteiger partial charge on any atom is 0.147 e. The van der Waals surface area contributed by atoms with Crippen LogP contribution in [-0.2, 0) is 5.41 Å². The summed E-state index contributed by atoms with van der Waals surface area (Å²) in [4.78, 5) is 0. The third-order valence-electron chi connectivity index (χ3n) is 2.71. The first kappa shape index (κ1) is 14.0. The SMILES string of the molecule is CCCNC(C)Oc1ccc(C(C)(C)C)cc1. The molecule has 1 unspecified atom stereocenters. The van der Waals surface area contributed by atoms with Gasteiger partial charge in [0.1, 0.15) is 12.0 Å². The molecule has 0 heterocycles. The first-order chi connectivity index (χ1) is 7.93. The Hall–Kier alpha value is -1.02. The largest absolute Gasteiger partial charge is 0.476 e. The molecule has 0 fully saturated rings. The second-order valence-corrected chi connectivity index (χ2v) is 5.49. The highest BCUT2D eigenvalue weighted by atomic mass is 16.5. The lowest BCUT2D eigenvalue weighted by atomic mass is 9.87. The summed E-state index contributed by atoms with van der Waals surface area (Å²) in [7, 11) is 0. The van der Waals surface area contributed by atoms with Crippen LogP contribution in [0.4, 0.5) is 0 Å². The fourth-order valence-electron chi connectivity index (χ4n) is 1.63. The number of hydrogen-bond acceptors (Lipinski definition) is 2. The summed E-state index contributed by atoms with van der Waals surface area (Å²) >= 11 is 0. The summed E-state index contributed by atoms with van der Waals surface area (Å²) < 4.78 is 5.77. The highest BCUT2D eigenvalue weighted by Gasteiger charge is 2.13. The molecule has 0 saturated carbocycles. The Morgan fingerprint density at radius 2 is 1.76 bits per heavy atom. The molecular weight excluding hydrogens is 210 g/mol. The normalized spacial score (nSPS) is 13.5. The van der Waals surface area contributed by atoms with Crippen LogP contribution in [0.15, 0.2) is 24.3 Å². The number of benzene rings is 1. The molecule has 0 saturated heterocycles. The monoisotopic (exact) mass is 235 g/mol. The summed E-state index contributed by atoms with van der Waals surface area (Å²) in [6.07, 6.45) is 1.19. The summed E-state index contributed by atoms with van der Waals surface area (Å²) in [5, 5.41) is 3.30. The molecule has 0 aliphatic heterocycles. The van der Waals surface area contributed by atoms with E-state index in [4.69, 9.17) is 4.74 Å². The standard InChI is InChI=1S/C15H25NO/c1-6-11-16-12(2)17-14-9-7-13(8-10-14)15(3,4)5/h7-10,12,16H,6,11H2,1-5H3. The zero-order valence-corrected chi connectivity index (χ0v) is 11.7. The topological polar surface area (TPSA) is 21.3 Å². The Balaban J connectivity index is 2.56. The van der Waals surface area contributed by atoms with E-state index in [2.05, 4.69) is 45.1 Å². The molecule has 0 bridgehead atoms. The molecular formula is C15H25NO. The molecule has 1 aromatic carbocycles. The van der Waals surface area contributed by atoms with E-state index in [0.29, 0.717) is 0 Å². The van der Waals surface area contributed by atoms with E-state index < -0.39 is 0 Å². The van der Waals surface area contributed by atoms with Gasteiger partial charge in [0, 0.05) is 0 Å². The van der Waals surface area contributed by atoms with Gasteiger partial charge >= 0.3 is 0 Å². The summed E-state index contributed by atoms with van der Waals surface area (Å²) in [6, 6.07) is 8.37. The first-order valence-electron chi connectivity index (χ1n) is 6.44. The maximum atomic E-state index is 5.77. The van der Waals surface area contributed by atoms with E-state index >= 15 is 0 Å². The average molecular weight is 235 g/mol. The number of ether oxygens (including phenoxy) is 1. The second-order valence-electron chi connectivity index (χ2n) is 5.49. The minimum Gasteiger partial charge on any atom is -0.476 e. The van der Waals surface area contributed by atoms with Gasteiger partial charge in [-0.25, -0.2) is 0 Å². The van der Waals surface area contributed by atoms with Gasteiger partial charge in [0.25, 0.3) is 0 Å². The summed E-state index contributed by atoms with van der Waals surface area (Å²) in [6.45, 7) is 11.8. The molecule has 0 aromatic heterocycles. The van der Waals surface area contributed by atoms with Gasteiger partial charge in [0.15, 0.2) is 0 Å². The van der Waals surface area contributed by atoms with Crippen LogP contribution in [0.5, 0.6) is 5.75 Å². The highest BCUT2D eigenvalue weighted by molar-refractivity contribution is 5.31. The van der Waals surface area contributed by atoms with Crippen molar-refractivity contribution in [3.05, 3.63) is 29.8 Å². The van der Waals surface area contributed by atoms with E-state index in [0.717, 1.165) is 18.7 Å². The molecule has 96 valence electrons. The van der Waals surface area contributed by atoms with Crippen molar-refractivity contribution >= 4 is 0 Å². The van der Waals surface area contributed by atoms with Gasteiger partial charge in [-0.2, -0.15) is 0 Å². The van der Waals surface area contributed by atoms with Gasteiger partial charge < -0.3 is 4.74 Å². The molecule has 1 rings (SSSR count). The quantitative estimate of drug-likeness (QED) is 0.786. The van der Waals surface area contributed by atoms with E-state index in [1.54, 1.807) is 0 Å². The number of hydrogen-bond donors (Lipinski definition) is 1. The smallest absolute Gasteiger partial charge is 0.147 e. The molecule has 2 heteroatoms. The Kier molecular flexibility index (Phi) is 5.01. The molecule has 0 amide bonds. The van der Waals surface area contributed by atoms with Crippen molar-refractivity contribution in [2.24, 2.45) is 0 Å². The van der Waals surface area contributed by atoms with E-state index in [1.165, 1.54) is 5.56 Å². The van der Waals surface area contributed by atoms with Gasteiger partial charge in [-0.15, -0.1) is 0 Å². The summed E-state index contributed by atoms with van der Waals surface area (Å²) in [5.41, 5.74) is 1.53. The van der Waals surface area contributed by atoms with Crippen LogP contribution < -0.4 is 10.1 Å². The zero-order chi connectivity index (χ0) is 12.9. The Morgan fingerprint density at radius 3 is 2.24 bits per heavy atom. The van der Waals surface area contributed by atoms with E-state index in [-0.39, 0.29) is 11.6 Å². The number of nitrogens with one attached hydrogen (secondary N) is 1. The fourth-order valence-corrected chi connectivity index (χ4v) is 1.63. The van der Waals surface area contributed by atoms with E-state index in [1.807, 2.05) is 19.1 Å². The zero-order valence-electron chi connectivity index (χ0n) is 11.7. The second kappa shape index (κ2) is 6.06. The predicted molar refractivity (Wildman–Crippen MR) is 73.5 cm³/mol. The molecule has 1 aromatic rings. The van der Waals surface area contributed by atoms with Gasteiger partial charge in [-0.1, -0.05) is 39.8 Å². The average Bonchev–Trinajstić information content (AvgIpc) is 2.26. The van der Waals surface area contributed by atoms with Crippen molar-refractivity contribution in [3.63, 3.8) is 0 Å². The summed E-state index contributed by atoms with van der Waals surface area (Å²) in [5.74, 6) is 0.925. The predicted octanol–water partition coefficient (Wildman–Crippen LogP) is 3.71. The van der Waals surface area contributed by atoms with Crippen LogP contribution in [0.2, 0.25) is 0 Å². The first-order valence-corrected chi connectivity index (χ1v) is 6.44. The fraction of sp³-hybridized carbons (Fsp3) is 0.600. The van der Waals surface area contributed by atoms with Crippen LogP contribution in [0.1, 0.15) is 46.6 Å². The molecule has 17 heavy (non-hydrogen) atoms. The molecule has 0 radical (unpaired) electrons. The molecule has 0 aliphatic carbocycles. The lowest BCUT2D eigenvalue weighted by Crippen LogP contribution is -2.31. The van der Waals surface area contributed by atoms with Crippen LogP contribution in [0, 0.1) is 0 Å². The molecule has 1 N–H and O–H groups in total. The van der Waals surface area contributed by atoms with Crippen molar-refractivity contribution in [2.45, 2.75) is 52.7 Å². The highest BCUT2D eigenvalue weighted by Crippen LogP contribution is 2.24. The third kappa shape index (κ3) is 4.78. The van der Waals surface area contributed by atoms with Crippen LogP contribution >= 0.6 is 0 Å². The van der Waals surface area contributed by atoms with E-state index in [9.17, 15) is 0 Å².